The van der Waals surface area contributed by atoms with Crippen molar-refractivity contribution in [3.8, 4) is 0 Å². The normalized spacial score (nSPS) is 11.1. The first-order chi connectivity index (χ1) is 9.38. The Kier molecular flexibility index (Phi) is 8.37. The number of esters is 1. The van der Waals surface area contributed by atoms with E-state index in [0.29, 0.717) is 17.3 Å². The maximum absolute atomic E-state index is 12.1. The second-order valence-corrected chi connectivity index (χ2v) is 5.79. The standard InChI is InChI=1S/C16H26N2O2.ClH/c1-5-14(6-2)18-11-16(3,4)20-15(19)12-7-9-13(17)10-8-12;/h7-10,14,18H,5-6,11,17H2,1-4H3;1H. The summed E-state index contributed by atoms with van der Waals surface area (Å²) in [5, 5.41) is 2.26. The van der Waals surface area contributed by atoms with Crippen LogP contribution in [0.3, 0.4) is 0 Å². The Bertz CT molecular complexity index is 428. The molecule has 1 aromatic carbocycles. The molecule has 1 aromatic rings. The van der Waals surface area contributed by atoms with Crippen LogP contribution < -0.4 is 23.5 Å². The first kappa shape index (κ1) is 19.7. The summed E-state index contributed by atoms with van der Waals surface area (Å²) in [6.07, 6.45) is 2.25. The van der Waals surface area contributed by atoms with Crippen molar-refractivity contribution < 1.29 is 27.3 Å². The van der Waals surface area contributed by atoms with E-state index < -0.39 is 5.60 Å². The minimum Gasteiger partial charge on any atom is -1.00 e. The van der Waals surface area contributed by atoms with Crippen LogP contribution in [0, 0.1) is 0 Å². The lowest BCUT2D eigenvalue weighted by molar-refractivity contribution is -0.699. The van der Waals surface area contributed by atoms with E-state index in [1.807, 2.05) is 13.8 Å². The third kappa shape index (κ3) is 6.82. The van der Waals surface area contributed by atoms with Crippen molar-refractivity contribution in [1.82, 2.24) is 0 Å². The highest BCUT2D eigenvalue weighted by Crippen LogP contribution is 2.13. The number of nitrogens with two attached hydrogens (primary N) is 2. The second kappa shape index (κ2) is 8.90. The predicted molar refractivity (Wildman–Crippen MR) is 81.5 cm³/mol. The third-order valence-electron chi connectivity index (χ3n) is 3.51. The minimum atomic E-state index is -0.485. The van der Waals surface area contributed by atoms with Crippen LogP contribution in [-0.4, -0.2) is 24.2 Å². The molecular weight excluding hydrogens is 288 g/mol. The fourth-order valence-electron chi connectivity index (χ4n) is 2.04. The molecule has 0 amide bonds. The molecule has 21 heavy (non-hydrogen) atoms. The summed E-state index contributed by atoms with van der Waals surface area (Å²) >= 11 is 0. The number of benzene rings is 1. The highest BCUT2D eigenvalue weighted by atomic mass is 35.5. The third-order valence-corrected chi connectivity index (χ3v) is 3.51. The Balaban J connectivity index is 0.00000400. The molecule has 0 heterocycles. The molecule has 4 N–H and O–H groups in total. The van der Waals surface area contributed by atoms with Gasteiger partial charge in [-0.15, -0.1) is 0 Å². The van der Waals surface area contributed by atoms with Gasteiger partial charge in [0, 0.05) is 5.69 Å². The second-order valence-electron chi connectivity index (χ2n) is 5.79. The van der Waals surface area contributed by atoms with Gasteiger partial charge in [-0.3, -0.25) is 0 Å². The van der Waals surface area contributed by atoms with Crippen LogP contribution in [0.25, 0.3) is 0 Å². The number of nitrogen functional groups attached to an aromatic ring is 1. The molecule has 5 heteroatoms. The van der Waals surface area contributed by atoms with Gasteiger partial charge >= 0.3 is 5.97 Å². The van der Waals surface area contributed by atoms with Gasteiger partial charge < -0.3 is 28.2 Å². The number of ether oxygens (including phenoxy) is 1. The maximum Gasteiger partial charge on any atom is 0.338 e. The number of carbonyl (C=O) groups is 1. The van der Waals surface area contributed by atoms with Crippen molar-refractivity contribution >= 4 is 11.7 Å². The molecular formula is C16H27ClN2O2. The van der Waals surface area contributed by atoms with E-state index >= 15 is 0 Å². The molecule has 4 nitrogen and oxygen atoms in total. The predicted octanol–water partition coefficient (Wildman–Crippen LogP) is -1.04. The van der Waals surface area contributed by atoms with Crippen molar-refractivity contribution in [2.75, 3.05) is 12.3 Å². The van der Waals surface area contributed by atoms with Crippen molar-refractivity contribution in [3.63, 3.8) is 0 Å². The van der Waals surface area contributed by atoms with E-state index in [1.54, 1.807) is 24.3 Å². The highest BCUT2D eigenvalue weighted by molar-refractivity contribution is 5.90. The summed E-state index contributed by atoms with van der Waals surface area (Å²) in [6.45, 7) is 9.01. The van der Waals surface area contributed by atoms with Gasteiger partial charge in [0.05, 0.1) is 11.6 Å². The van der Waals surface area contributed by atoms with Gasteiger partial charge in [-0.2, -0.15) is 0 Å². The molecule has 0 aliphatic rings. The summed E-state index contributed by atoms with van der Waals surface area (Å²) in [5.41, 5.74) is 6.30. The van der Waals surface area contributed by atoms with Crippen molar-refractivity contribution in [3.05, 3.63) is 29.8 Å². The molecule has 0 spiro atoms. The zero-order valence-electron chi connectivity index (χ0n) is 13.4. The lowest BCUT2D eigenvalue weighted by atomic mass is 10.1. The average Bonchev–Trinajstić information content (AvgIpc) is 2.40. The molecule has 0 fully saturated rings. The number of rotatable bonds is 7. The SMILES string of the molecule is CCC(CC)[NH2+]CC(C)(C)OC(=O)c1ccc(N)cc1.[Cl-]. The largest absolute Gasteiger partial charge is 1.00 e. The first-order valence-corrected chi connectivity index (χ1v) is 7.30. The first-order valence-electron chi connectivity index (χ1n) is 7.30. The summed E-state index contributed by atoms with van der Waals surface area (Å²) < 4.78 is 5.59. The topological polar surface area (TPSA) is 68.9 Å². The summed E-state index contributed by atoms with van der Waals surface area (Å²) in [6, 6.07) is 7.39. The number of halogens is 1. The fourth-order valence-corrected chi connectivity index (χ4v) is 2.04. The number of carbonyl (C=O) groups excluding carboxylic acids is 1. The summed E-state index contributed by atoms with van der Waals surface area (Å²) in [7, 11) is 0. The van der Waals surface area contributed by atoms with Crippen LogP contribution in [0.15, 0.2) is 24.3 Å². The number of quaternary nitrogens is 1. The van der Waals surface area contributed by atoms with Gasteiger partial charge in [-0.25, -0.2) is 4.79 Å². The van der Waals surface area contributed by atoms with Crippen LogP contribution in [0.4, 0.5) is 5.69 Å². The molecule has 1 rings (SSSR count). The summed E-state index contributed by atoms with van der Waals surface area (Å²) in [4.78, 5) is 12.1. The van der Waals surface area contributed by atoms with Crippen LogP contribution in [0.2, 0.25) is 0 Å². The molecule has 0 bridgehead atoms. The number of anilines is 1. The van der Waals surface area contributed by atoms with E-state index in [0.717, 1.165) is 19.4 Å². The van der Waals surface area contributed by atoms with Crippen LogP contribution >= 0.6 is 0 Å². The smallest absolute Gasteiger partial charge is 0.338 e. The number of hydrogen-bond donors (Lipinski definition) is 2. The average molecular weight is 315 g/mol. The Morgan fingerprint density at radius 1 is 1.24 bits per heavy atom. The van der Waals surface area contributed by atoms with Gasteiger partial charge in [0.1, 0.15) is 6.54 Å². The van der Waals surface area contributed by atoms with Crippen molar-refractivity contribution in [2.24, 2.45) is 0 Å². The molecule has 0 radical (unpaired) electrons. The van der Waals surface area contributed by atoms with Crippen LogP contribution in [0.5, 0.6) is 0 Å². The van der Waals surface area contributed by atoms with E-state index in [-0.39, 0.29) is 18.4 Å². The molecule has 0 atom stereocenters. The van der Waals surface area contributed by atoms with Gasteiger partial charge in [0.2, 0.25) is 0 Å². The van der Waals surface area contributed by atoms with E-state index in [1.165, 1.54) is 0 Å². The van der Waals surface area contributed by atoms with E-state index in [4.69, 9.17) is 10.5 Å². The van der Waals surface area contributed by atoms with Crippen LogP contribution in [0.1, 0.15) is 50.9 Å². The monoisotopic (exact) mass is 314 g/mol. The quantitative estimate of drug-likeness (QED) is 0.499. The van der Waals surface area contributed by atoms with Crippen molar-refractivity contribution in [1.29, 1.82) is 0 Å². The zero-order valence-corrected chi connectivity index (χ0v) is 14.1. The molecule has 0 aliphatic carbocycles. The highest BCUT2D eigenvalue weighted by Gasteiger charge is 2.26. The zero-order chi connectivity index (χ0) is 15.2. The minimum absolute atomic E-state index is 0. The molecule has 0 aromatic heterocycles. The van der Waals surface area contributed by atoms with Crippen molar-refractivity contribution in [2.45, 2.75) is 52.2 Å². The number of hydrogen-bond acceptors (Lipinski definition) is 3. The fraction of sp³-hybridized carbons (Fsp3) is 0.562. The van der Waals surface area contributed by atoms with Gasteiger partial charge in [0.15, 0.2) is 5.60 Å². The molecule has 0 saturated carbocycles. The van der Waals surface area contributed by atoms with Gasteiger partial charge in [-0.05, 0) is 51.0 Å². The molecule has 120 valence electrons. The maximum atomic E-state index is 12.1. The Morgan fingerprint density at radius 2 is 1.76 bits per heavy atom. The van der Waals surface area contributed by atoms with Crippen LogP contribution in [-0.2, 0) is 4.74 Å². The molecule has 0 unspecified atom stereocenters. The van der Waals surface area contributed by atoms with Gasteiger partial charge in [0.25, 0.3) is 0 Å². The Morgan fingerprint density at radius 3 is 2.24 bits per heavy atom. The summed E-state index contributed by atoms with van der Waals surface area (Å²) in [5.74, 6) is -0.298. The lowest BCUT2D eigenvalue weighted by Crippen LogP contribution is -3.00. The van der Waals surface area contributed by atoms with Gasteiger partial charge in [-0.1, -0.05) is 13.8 Å². The lowest BCUT2D eigenvalue weighted by Gasteiger charge is -2.25. The Hall–Kier alpha value is -1.26. The van der Waals surface area contributed by atoms with E-state index in [9.17, 15) is 4.79 Å². The van der Waals surface area contributed by atoms with E-state index in [2.05, 4.69) is 19.2 Å². The molecule has 0 aliphatic heterocycles. The molecule has 0 saturated heterocycles. The Labute approximate surface area is 133 Å².